The lowest BCUT2D eigenvalue weighted by Crippen LogP contribution is -2.49. The maximum Gasteiger partial charge on any atom is 0.230 e. The second-order valence-electron chi connectivity index (χ2n) is 8.24. The van der Waals surface area contributed by atoms with Crippen molar-refractivity contribution in [2.75, 3.05) is 19.6 Å². The monoisotopic (exact) mass is 348 g/mol. The number of rotatable bonds is 2. The van der Waals surface area contributed by atoms with Gasteiger partial charge >= 0.3 is 0 Å². The summed E-state index contributed by atoms with van der Waals surface area (Å²) >= 11 is 0. The highest BCUT2D eigenvalue weighted by atomic mass is 19.1. The number of aliphatic hydroxyl groups is 1. The maximum absolute atomic E-state index is 14.2. The molecule has 0 bridgehead atoms. The molecule has 0 aromatic carbocycles. The summed E-state index contributed by atoms with van der Waals surface area (Å²) in [5.74, 6) is 0.159. The minimum atomic E-state index is -0.327. The second-order valence-corrected chi connectivity index (χ2v) is 8.24. The van der Waals surface area contributed by atoms with Crippen molar-refractivity contribution in [2.45, 2.75) is 69.9 Å². The lowest BCUT2D eigenvalue weighted by Gasteiger charge is -2.42. The molecule has 2 aliphatic carbocycles. The van der Waals surface area contributed by atoms with Gasteiger partial charge in [0.25, 0.3) is 0 Å². The van der Waals surface area contributed by atoms with Gasteiger partial charge in [0.2, 0.25) is 5.91 Å². The maximum atomic E-state index is 14.2. The fourth-order valence-electron chi connectivity index (χ4n) is 5.19. The number of allylic oxidation sites excluding steroid dienone is 3. The van der Waals surface area contributed by atoms with E-state index in [1.165, 1.54) is 0 Å². The van der Waals surface area contributed by atoms with E-state index >= 15 is 0 Å². The molecule has 0 aromatic heterocycles. The number of piperidine rings is 1. The van der Waals surface area contributed by atoms with E-state index in [-0.39, 0.29) is 29.3 Å². The summed E-state index contributed by atoms with van der Waals surface area (Å²) in [7, 11) is 0. The minimum Gasteiger partial charge on any atom is -0.393 e. The summed E-state index contributed by atoms with van der Waals surface area (Å²) in [6, 6.07) is 0.288. The van der Waals surface area contributed by atoms with Crippen LogP contribution in [0.15, 0.2) is 23.7 Å². The molecule has 4 aliphatic rings. The van der Waals surface area contributed by atoms with Gasteiger partial charge in [0.1, 0.15) is 5.83 Å². The zero-order valence-corrected chi connectivity index (χ0v) is 14.9. The third-order valence-corrected chi connectivity index (χ3v) is 6.64. The van der Waals surface area contributed by atoms with E-state index in [2.05, 4.69) is 9.80 Å². The van der Waals surface area contributed by atoms with Crippen LogP contribution in [0, 0.1) is 5.41 Å². The molecular weight excluding hydrogens is 319 g/mol. The predicted octanol–water partition coefficient (Wildman–Crippen LogP) is 3.14. The number of halogens is 1. The van der Waals surface area contributed by atoms with Crippen LogP contribution in [-0.2, 0) is 4.79 Å². The van der Waals surface area contributed by atoms with Crippen molar-refractivity contribution in [3.63, 3.8) is 0 Å². The molecule has 1 atom stereocenters. The molecule has 138 valence electrons. The predicted molar refractivity (Wildman–Crippen MR) is 94.3 cm³/mol. The first kappa shape index (κ1) is 17.1. The van der Waals surface area contributed by atoms with Gasteiger partial charge in [0.15, 0.2) is 0 Å². The second kappa shape index (κ2) is 6.75. The van der Waals surface area contributed by atoms with Crippen LogP contribution >= 0.6 is 0 Å². The SMILES string of the molecule is O=C1N(C2CCC(O)CC2)CCC12CCCN(C1=CCCC=C1F)C2. The first-order valence-electron chi connectivity index (χ1n) is 9.89. The Morgan fingerprint density at radius 1 is 1.08 bits per heavy atom. The number of carbonyl (C=O) groups excluding carboxylic acids is 1. The van der Waals surface area contributed by atoms with E-state index in [1.54, 1.807) is 6.08 Å². The molecule has 3 fully saturated rings. The molecule has 4 rings (SSSR count). The van der Waals surface area contributed by atoms with Crippen molar-refractivity contribution in [3.05, 3.63) is 23.7 Å². The summed E-state index contributed by atoms with van der Waals surface area (Å²) in [5, 5.41) is 9.72. The van der Waals surface area contributed by atoms with Crippen LogP contribution in [0.2, 0.25) is 0 Å². The molecule has 0 radical (unpaired) electrons. The third kappa shape index (κ3) is 3.12. The average molecular weight is 348 g/mol. The fraction of sp³-hybridized carbons (Fsp3) is 0.750. The van der Waals surface area contributed by atoms with Crippen molar-refractivity contribution in [1.82, 2.24) is 9.80 Å². The van der Waals surface area contributed by atoms with Crippen molar-refractivity contribution >= 4 is 5.91 Å². The van der Waals surface area contributed by atoms with E-state index < -0.39 is 0 Å². The smallest absolute Gasteiger partial charge is 0.230 e. The van der Waals surface area contributed by atoms with Gasteiger partial charge in [0, 0.05) is 25.7 Å². The van der Waals surface area contributed by atoms with Gasteiger partial charge in [-0.3, -0.25) is 4.79 Å². The number of likely N-dealkylation sites (tertiary alicyclic amines) is 2. The standard InChI is InChI=1S/C20H29FN2O2/c21-17-4-1-2-5-18(17)22-12-3-10-20(14-22)11-13-23(19(20)25)15-6-8-16(24)9-7-15/h4-5,15-16,24H,1-3,6-14H2. The molecule has 2 aliphatic heterocycles. The van der Waals surface area contributed by atoms with E-state index in [9.17, 15) is 14.3 Å². The lowest BCUT2D eigenvalue weighted by atomic mass is 9.78. The Balaban J connectivity index is 1.47. The minimum absolute atomic E-state index is 0.119. The Kier molecular flexibility index (Phi) is 4.61. The molecule has 2 heterocycles. The summed E-state index contributed by atoms with van der Waals surface area (Å²) in [4.78, 5) is 17.5. The van der Waals surface area contributed by atoms with Gasteiger partial charge in [0.05, 0.1) is 17.2 Å². The number of hydrogen-bond donors (Lipinski definition) is 1. The summed E-state index contributed by atoms with van der Waals surface area (Å²) in [5.41, 5.74) is 0.379. The molecule has 0 aromatic rings. The van der Waals surface area contributed by atoms with Crippen LogP contribution in [-0.4, -0.2) is 52.6 Å². The van der Waals surface area contributed by atoms with Gasteiger partial charge in [-0.05, 0) is 63.9 Å². The first-order chi connectivity index (χ1) is 12.1. The van der Waals surface area contributed by atoms with Crippen molar-refractivity contribution in [2.24, 2.45) is 5.41 Å². The Morgan fingerprint density at radius 3 is 2.60 bits per heavy atom. The van der Waals surface area contributed by atoms with Gasteiger partial charge in [-0.1, -0.05) is 6.08 Å². The zero-order chi connectivity index (χ0) is 17.4. The highest BCUT2D eigenvalue weighted by molar-refractivity contribution is 5.85. The Hall–Kier alpha value is -1.36. The number of nitrogens with zero attached hydrogens (tertiary/aromatic N) is 2. The van der Waals surface area contributed by atoms with E-state index in [0.29, 0.717) is 12.2 Å². The van der Waals surface area contributed by atoms with E-state index in [1.807, 2.05) is 6.08 Å². The molecule has 5 heteroatoms. The van der Waals surface area contributed by atoms with Crippen LogP contribution in [0.3, 0.4) is 0 Å². The Bertz CT molecular complexity index is 595. The first-order valence-corrected chi connectivity index (χ1v) is 9.89. The molecule has 1 spiro atoms. The lowest BCUT2D eigenvalue weighted by molar-refractivity contribution is -0.141. The van der Waals surface area contributed by atoms with Gasteiger partial charge in [-0.2, -0.15) is 0 Å². The van der Waals surface area contributed by atoms with Gasteiger partial charge in [-0.15, -0.1) is 0 Å². The summed E-state index contributed by atoms with van der Waals surface area (Å²) in [6.45, 7) is 2.33. The van der Waals surface area contributed by atoms with Crippen LogP contribution in [0.25, 0.3) is 0 Å². The Labute approximate surface area is 149 Å². The molecule has 1 N–H and O–H groups in total. The number of carbonyl (C=O) groups is 1. The summed E-state index contributed by atoms with van der Waals surface area (Å²) in [6.07, 6.45) is 11.3. The largest absolute Gasteiger partial charge is 0.393 e. The topological polar surface area (TPSA) is 43.8 Å². The molecule has 1 saturated carbocycles. The molecule has 25 heavy (non-hydrogen) atoms. The molecule has 2 saturated heterocycles. The molecule has 1 amide bonds. The number of hydrogen-bond acceptors (Lipinski definition) is 3. The van der Waals surface area contributed by atoms with Gasteiger partial charge < -0.3 is 14.9 Å². The Morgan fingerprint density at radius 2 is 1.84 bits per heavy atom. The van der Waals surface area contributed by atoms with Crippen molar-refractivity contribution < 1.29 is 14.3 Å². The van der Waals surface area contributed by atoms with Gasteiger partial charge in [-0.25, -0.2) is 4.39 Å². The van der Waals surface area contributed by atoms with Crippen molar-refractivity contribution in [1.29, 1.82) is 0 Å². The molecule has 1 unspecified atom stereocenters. The average Bonchev–Trinajstić information content (AvgIpc) is 2.92. The highest BCUT2D eigenvalue weighted by Gasteiger charge is 2.51. The normalized spacial score (nSPS) is 36.6. The number of amides is 1. The number of aliphatic hydroxyl groups excluding tert-OH is 1. The zero-order valence-electron chi connectivity index (χ0n) is 14.9. The van der Waals surface area contributed by atoms with Crippen molar-refractivity contribution in [3.8, 4) is 0 Å². The van der Waals surface area contributed by atoms with Crippen LogP contribution in [0.4, 0.5) is 4.39 Å². The van der Waals surface area contributed by atoms with Crippen LogP contribution < -0.4 is 0 Å². The quantitative estimate of drug-likeness (QED) is 0.834. The highest BCUT2D eigenvalue weighted by Crippen LogP contribution is 2.44. The molecular formula is C20H29FN2O2. The molecule has 4 nitrogen and oxygen atoms in total. The fourth-order valence-corrected chi connectivity index (χ4v) is 5.19. The summed E-state index contributed by atoms with van der Waals surface area (Å²) < 4.78 is 14.2. The van der Waals surface area contributed by atoms with E-state index in [0.717, 1.165) is 70.9 Å². The third-order valence-electron chi connectivity index (χ3n) is 6.64. The van der Waals surface area contributed by atoms with Crippen LogP contribution in [0.5, 0.6) is 0 Å². The van der Waals surface area contributed by atoms with E-state index in [4.69, 9.17) is 0 Å². The van der Waals surface area contributed by atoms with Crippen LogP contribution in [0.1, 0.15) is 57.8 Å².